The van der Waals surface area contributed by atoms with Gasteiger partial charge in [-0.2, -0.15) is 5.10 Å². The molecule has 0 unspecified atom stereocenters. The van der Waals surface area contributed by atoms with Gasteiger partial charge in [0.05, 0.1) is 18.0 Å². The summed E-state index contributed by atoms with van der Waals surface area (Å²) in [5.41, 5.74) is 4.35. The second-order valence-corrected chi connectivity index (χ2v) is 6.20. The minimum Gasteiger partial charge on any atom is -0.390 e. The van der Waals surface area contributed by atoms with Gasteiger partial charge in [-0.1, -0.05) is 47.2 Å². The molecule has 4 rings (SSSR count). The first-order chi connectivity index (χ1) is 11.3. The average Bonchev–Trinajstić information content (AvgIpc) is 3.13. The predicted molar refractivity (Wildman–Crippen MR) is 90.2 cm³/mol. The Morgan fingerprint density at radius 3 is 2.65 bits per heavy atom. The van der Waals surface area contributed by atoms with Crippen LogP contribution in [0.25, 0.3) is 26.9 Å². The van der Waals surface area contributed by atoms with Gasteiger partial charge in [-0.3, -0.25) is 4.98 Å². The lowest BCUT2D eigenvalue weighted by Gasteiger charge is -2.00. The molecule has 0 saturated carbocycles. The molecule has 1 aromatic carbocycles. The van der Waals surface area contributed by atoms with E-state index in [-0.39, 0.29) is 6.61 Å². The Morgan fingerprint density at radius 2 is 1.96 bits per heavy atom. The van der Waals surface area contributed by atoms with Crippen molar-refractivity contribution in [3.63, 3.8) is 0 Å². The molecule has 5 nitrogen and oxygen atoms in total. The molecule has 0 saturated heterocycles. The van der Waals surface area contributed by atoms with E-state index in [9.17, 15) is 5.11 Å². The van der Waals surface area contributed by atoms with Crippen molar-refractivity contribution in [2.24, 2.45) is 0 Å². The summed E-state index contributed by atoms with van der Waals surface area (Å²) in [4.78, 5) is 9.68. The topological polar surface area (TPSA) is 63.3 Å². The van der Waals surface area contributed by atoms with Crippen LogP contribution in [0.2, 0.25) is 0 Å². The molecule has 4 aromatic rings. The average molecular weight is 322 g/mol. The van der Waals surface area contributed by atoms with Gasteiger partial charge in [0.1, 0.15) is 10.7 Å². The molecule has 0 atom stereocenters. The third-order valence-electron chi connectivity index (χ3n) is 3.65. The van der Waals surface area contributed by atoms with Gasteiger partial charge < -0.3 is 5.11 Å². The number of pyridine rings is 1. The summed E-state index contributed by atoms with van der Waals surface area (Å²) >= 11 is 1.50. The van der Waals surface area contributed by atoms with Crippen LogP contribution < -0.4 is 0 Å². The number of aromatic nitrogens is 4. The van der Waals surface area contributed by atoms with E-state index in [4.69, 9.17) is 0 Å². The van der Waals surface area contributed by atoms with Gasteiger partial charge in [-0.25, -0.2) is 9.50 Å². The lowest BCUT2D eigenvalue weighted by molar-refractivity contribution is 0.275. The zero-order chi connectivity index (χ0) is 15.8. The SMILES string of the molecule is Cc1ccc(-c2nn3c(CO)c(-c4ccccn4)nc3s2)cc1. The van der Waals surface area contributed by atoms with Gasteiger partial charge in [0.2, 0.25) is 4.96 Å². The summed E-state index contributed by atoms with van der Waals surface area (Å²) in [5, 5.41) is 15.3. The first-order valence-corrected chi connectivity index (χ1v) is 8.05. The van der Waals surface area contributed by atoms with E-state index in [0.29, 0.717) is 11.4 Å². The van der Waals surface area contributed by atoms with Gasteiger partial charge in [0, 0.05) is 11.8 Å². The molecule has 0 amide bonds. The van der Waals surface area contributed by atoms with E-state index in [0.717, 1.165) is 21.2 Å². The van der Waals surface area contributed by atoms with E-state index >= 15 is 0 Å². The predicted octanol–water partition coefficient (Wildman–Crippen LogP) is 3.32. The fraction of sp³-hybridized carbons (Fsp3) is 0.118. The summed E-state index contributed by atoms with van der Waals surface area (Å²) in [6.07, 6.45) is 1.72. The summed E-state index contributed by atoms with van der Waals surface area (Å²) < 4.78 is 1.71. The minimum absolute atomic E-state index is 0.135. The molecule has 0 aliphatic carbocycles. The summed E-state index contributed by atoms with van der Waals surface area (Å²) in [7, 11) is 0. The molecule has 0 bridgehead atoms. The minimum atomic E-state index is -0.135. The van der Waals surface area contributed by atoms with Gasteiger partial charge in [0.25, 0.3) is 0 Å². The molecule has 3 heterocycles. The number of nitrogens with zero attached hydrogens (tertiary/aromatic N) is 4. The number of hydrogen-bond donors (Lipinski definition) is 1. The second kappa shape index (κ2) is 5.57. The first kappa shape index (κ1) is 14.0. The normalized spacial score (nSPS) is 11.2. The van der Waals surface area contributed by atoms with Crippen molar-refractivity contribution in [3.05, 3.63) is 59.9 Å². The molecule has 0 spiro atoms. The number of imidazole rings is 1. The van der Waals surface area contributed by atoms with E-state index < -0.39 is 0 Å². The highest BCUT2D eigenvalue weighted by molar-refractivity contribution is 7.19. The van der Waals surface area contributed by atoms with Gasteiger partial charge in [-0.05, 0) is 19.1 Å². The van der Waals surface area contributed by atoms with Crippen molar-refractivity contribution in [1.82, 2.24) is 19.6 Å². The largest absolute Gasteiger partial charge is 0.390 e. The zero-order valence-corrected chi connectivity index (χ0v) is 13.3. The third kappa shape index (κ3) is 2.42. The molecule has 0 aliphatic heterocycles. The standard InChI is InChI=1S/C17H14N4OS/c1-11-5-7-12(8-6-11)16-20-21-14(10-22)15(19-17(21)23-16)13-4-2-3-9-18-13/h2-9,22H,10H2,1H3. The van der Waals surface area contributed by atoms with Crippen LogP contribution in [-0.4, -0.2) is 24.7 Å². The molecule has 3 aromatic heterocycles. The van der Waals surface area contributed by atoms with Crippen LogP contribution in [0.5, 0.6) is 0 Å². The van der Waals surface area contributed by atoms with E-state index in [1.807, 2.05) is 30.3 Å². The van der Waals surface area contributed by atoms with Crippen LogP contribution in [0, 0.1) is 6.92 Å². The van der Waals surface area contributed by atoms with Crippen molar-refractivity contribution in [3.8, 4) is 22.0 Å². The van der Waals surface area contributed by atoms with Gasteiger partial charge in [-0.15, -0.1) is 0 Å². The number of aliphatic hydroxyl groups excluding tert-OH is 1. The van der Waals surface area contributed by atoms with Gasteiger partial charge >= 0.3 is 0 Å². The molecular weight excluding hydrogens is 308 g/mol. The summed E-state index contributed by atoms with van der Waals surface area (Å²) in [5.74, 6) is 0. The Kier molecular flexibility index (Phi) is 3.40. The van der Waals surface area contributed by atoms with Crippen LogP contribution in [-0.2, 0) is 6.61 Å². The van der Waals surface area contributed by atoms with Crippen molar-refractivity contribution in [1.29, 1.82) is 0 Å². The molecule has 0 aliphatic rings. The van der Waals surface area contributed by atoms with Crippen molar-refractivity contribution >= 4 is 16.3 Å². The molecule has 6 heteroatoms. The van der Waals surface area contributed by atoms with Crippen LogP contribution >= 0.6 is 11.3 Å². The zero-order valence-electron chi connectivity index (χ0n) is 12.5. The van der Waals surface area contributed by atoms with Crippen molar-refractivity contribution in [2.75, 3.05) is 0 Å². The number of fused-ring (bicyclic) bond motifs is 1. The van der Waals surface area contributed by atoms with E-state index in [1.54, 1.807) is 10.7 Å². The molecule has 0 fully saturated rings. The van der Waals surface area contributed by atoms with E-state index in [2.05, 4.69) is 34.1 Å². The third-order valence-corrected chi connectivity index (χ3v) is 4.61. The number of aliphatic hydroxyl groups is 1. The Balaban J connectivity index is 1.85. The van der Waals surface area contributed by atoms with Crippen LogP contribution in [0.3, 0.4) is 0 Å². The highest BCUT2D eigenvalue weighted by atomic mass is 32.1. The van der Waals surface area contributed by atoms with Crippen LogP contribution in [0.15, 0.2) is 48.7 Å². The number of aryl methyl sites for hydroxylation is 1. The Hall–Kier alpha value is -2.57. The number of hydrogen-bond acceptors (Lipinski definition) is 5. The Bertz CT molecular complexity index is 958. The maximum atomic E-state index is 9.76. The lowest BCUT2D eigenvalue weighted by Crippen LogP contribution is -1.96. The maximum Gasteiger partial charge on any atom is 0.213 e. The number of rotatable bonds is 3. The highest BCUT2D eigenvalue weighted by Gasteiger charge is 2.18. The smallest absolute Gasteiger partial charge is 0.213 e. The quantitative estimate of drug-likeness (QED) is 0.628. The van der Waals surface area contributed by atoms with Crippen LogP contribution in [0.1, 0.15) is 11.3 Å². The fourth-order valence-electron chi connectivity index (χ4n) is 2.45. The second-order valence-electron chi connectivity index (χ2n) is 5.25. The molecule has 23 heavy (non-hydrogen) atoms. The fourth-order valence-corrected chi connectivity index (χ4v) is 3.38. The first-order valence-electron chi connectivity index (χ1n) is 7.24. The molecule has 1 N–H and O–H groups in total. The van der Waals surface area contributed by atoms with Gasteiger partial charge in [0.15, 0.2) is 0 Å². The molecule has 114 valence electrons. The Morgan fingerprint density at radius 1 is 1.13 bits per heavy atom. The highest BCUT2D eigenvalue weighted by Crippen LogP contribution is 2.30. The van der Waals surface area contributed by atoms with E-state index in [1.165, 1.54) is 16.9 Å². The molecule has 0 radical (unpaired) electrons. The summed E-state index contributed by atoms with van der Waals surface area (Å²) in [6, 6.07) is 13.9. The summed E-state index contributed by atoms with van der Waals surface area (Å²) in [6.45, 7) is 1.92. The number of benzene rings is 1. The molecular formula is C17H14N4OS. The monoisotopic (exact) mass is 322 g/mol. The lowest BCUT2D eigenvalue weighted by atomic mass is 10.2. The maximum absolute atomic E-state index is 9.76. The Labute approximate surface area is 136 Å². The van der Waals surface area contributed by atoms with Crippen molar-refractivity contribution < 1.29 is 5.11 Å². The van der Waals surface area contributed by atoms with Crippen molar-refractivity contribution in [2.45, 2.75) is 13.5 Å². The van der Waals surface area contributed by atoms with Crippen LogP contribution in [0.4, 0.5) is 0 Å².